The second-order valence-corrected chi connectivity index (χ2v) is 4.94. The van der Waals surface area contributed by atoms with Crippen LogP contribution in [-0.2, 0) is 20.4 Å². The van der Waals surface area contributed by atoms with Crippen molar-refractivity contribution < 1.29 is 37.2 Å². The van der Waals surface area contributed by atoms with E-state index in [0.717, 1.165) is 12.1 Å². The van der Waals surface area contributed by atoms with Crippen LogP contribution in [0.5, 0.6) is 5.75 Å². The van der Waals surface area contributed by atoms with Gasteiger partial charge in [0.05, 0.1) is 51.8 Å². The summed E-state index contributed by atoms with van der Waals surface area (Å²) < 4.78 is 58.8. The van der Waals surface area contributed by atoms with E-state index >= 15 is 0 Å². The van der Waals surface area contributed by atoms with Crippen molar-refractivity contribution in [1.82, 2.24) is 0 Å². The fraction of sp³-hybridized carbons (Fsp3) is 0.625. The molecule has 0 aliphatic carbocycles. The fourth-order valence-corrected chi connectivity index (χ4v) is 1.82. The molecule has 0 aromatic heterocycles. The molecule has 0 saturated carbocycles. The lowest BCUT2D eigenvalue weighted by atomic mass is 10.1. The highest BCUT2D eigenvalue weighted by atomic mass is 19.4. The van der Waals surface area contributed by atoms with E-state index in [4.69, 9.17) is 24.1 Å². The Hall–Kier alpha value is -1.35. The summed E-state index contributed by atoms with van der Waals surface area (Å²) in [6.45, 7) is 3.79. The molecule has 1 N–H and O–H groups in total. The third kappa shape index (κ3) is 9.07. The van der Waals surface area contributed by atoms with E-state index < -0.39 is 11.7 Å². The minimum absolute atomic E-state index is 0.0193. The van der Waals surface area contributed by atoms with Crippen molar-refractivity contribution in [1.29, 1.82) is 0 Å². The number of aliphatic hydroxyl groups excluding tert-OH is 1. The summed E-state index contributed by atoms with van der Waals surface area (Å²) in [7, 11) is 0. The van der Waals surface area contributed by atoms with Crippen LogP contribution >= 0.6 is 0 Å². The maximum absolute atomic E-state index is 12.7. The van der Waals surface area contributed by atoms with Crippen LogP contribution in [0.2, 0.25) is 0 Å². The van der Waals surface area contributed by atoms with Crippen molar-refractivity contribution in [2.24, 2.45) is 0 Å². The molecule has 1 aromatic carbocycles. The maximum Gasteiger partial charge on any atom is 0.416 e. The molecule has 5 nitrogen and oxygen atoms in total. The zero-order valence-corrected chi connectivity index (χ0v) is 13.6. The fourth-order valence-electron chi connectivity index (χ4n) is 1.82. The number of aryl methyl sites for hydroxylation is 1. The van der Waals surface area contributed by atoms with E-state index in [2.05, 4.69) is 0 Å². The van der Waals surface area contributed by atoms with Crippen LogP contribution in [0.15, 0.2) is 18.2 Å². The standard InChI is InChI=1S/C16H23F3O5/c1-13-10-14(16(17,18)19)12-15(11-13)24-9-8-23-7-6-22-5-4-21-3-2-20/h10-12,20H,2-9H2,1H3. The molecule has 8 heteroatoms. The molecule has 0 radical (unpaired) electrons. The first-order valence-corrected chi connectivity index (χ1v) is 7.59. The highest BCUT2D eigenvalue weighted by Crippen LogP contribution is 2.32. The Morgan fingerprint density at radius 1 is 0.833 bits per heavy atom. The summed E-state index contributed by atoms with van der Waals surface area (Å²) in [5.74, 6) is 0.170. The Kier molecular flexibility index (Phi) is 9.70. The van der Waals surface area contributed by atoms with Gasteiger partial charge in [-0.05, 0) is 30.7 Å². The molecule has 0 bridgehead atoms. The number of ether oxygens (including phenoxy) is 4. The third-order valence-electron chi connectivity index (χ3n) is 2.85. The van der Waals surface area contributed by atoms with E-state index in [1.807, 2.05) is 0 Å². The molecule has 0 heterocycles. The summed E-state index contributed by atoms with van der Waals surface area (Å²) in [5.41, 5.74) is -0.243. The predicted molar refractivity (Wildman–Crippen MR) is 81.2 cm³/mol. The first-order chi connectivity index (χ1) is 11.4. The molecule has 1 rings (SSSR count). The molecule has 0 atom stereocenters. The van der Waals surface area contributed by atoms with Crippen LogP contribution in [0.3, 0.4) is 0 Å². The molecule has 0 fully saturated rings. The zero-order valence-electron chi connectivity index (χ0n) is 13.6. The number of rotatable bonds is 12. The molecule has 1 aromatic rings. The molecule has 0 aliphatic rings. The number of halogens is 3. The highest BCUT2D eigenvalue weighted by Gasteiger charge is 2.31. The average Bonchev–Trinajstić information content (AvgIpc) is 2.51. The summed E-state index contributed by atoms with van der Waals surface area (Å²) in [6.07, 6.45) is -4.39. The minimum atomic E-state index is -4.39. The van der Waals surface area contributed by atoms with Gasteiger partial charge in [-0.1, -0.05) is 0 Å². The molecule has 24 heavy (non-hydrogen) atoms. The topological polar surface area (TPSA) is 57.2 Å². The SMILES string of the molecule is Cc1cc(OCCOCCOCCOCCO)cc(C(F)(F)F)c1. The van der Waals surface area contributed by atoms with Gasteiger partial charge in [-0.3, -0.25) is 0 Å². The van der Waals surface area contributed by atoms with Crippen molar-refractivity contribution in [3.05, 3.63) is 29.3 Å². The normalized spacial score (nSPS) is 11.7. The van der Waals surface area contributed by atoms with E-state index in [-0.39, 0.29) is 32.2 Å². The summed E-state index contributed by atoms with van der Waals surface area (Å²) >= 11 is 0. The summed E-state index contributed by atoms with van der Waals surface area (Å²) in [6, 6.07) is 3.60. The van der Waals surface area contributed by atoms with Gasteiger partial charge in [0.25, 0.3) is 0 Å². The lowest BCUT2D eigenvalue weighted by Gasteiger charge is -2.12. The van der Waals surface area contributed by atoms with Crippen LogP contribution in [0.1, 0.15) is 11.1 Å². The van der Waals surface area contributed by atoms with Crippen LogP contribution in [0, 0.1) is 6.92 Å². The first kappa shape index (κ1) is 20.7. The molecule has 0 aliphatic heterocycles. The Bertz CT molecular complexity index is 466. The van der Waals surface area contributed by atoms with Gasteiger partial charge in [0.15, 0.2) is 0 Å². The van der Waals surface area contributed by atoms with Gasteiger partial charge in [0.1, 0.15) is 12.4 Å². The Labute approximate surface area is 139 Å². The first-order valence-electron chi connectivity index (χ1n) is 7.59. The molecule has 0 unspecified atom stereocenters. The monoisotopic (exact) mass is 352 g/mol. The largest absolute Gasteiger partial charge is 0.491 e. The van der Waals surface area contributed by atoms with E-state index in [0.29, 0.717) is 32.0 Å². The van der Waals surface area contributed by atoms with Crippen LogP contribution < -0.4 is 4.74 Å². The van der Waals surface area contributed by atoms with Crippen molar-refractivity contribution in [3.8, 4) is 5.75 Å². The van der Waals surface area contributed by atoms with Crippen molar-refractivity contribution in [2.75, 3.05) is 52.9 Å². The minimum Gasteiger partial charge on any atom is -0.491 e. The van der Waals surface area contributed by atoms with E-state index in [1.165, 1.54) is 0 Å². The molecule has 0 spiro atoms. The highest BCUT2D eigenvalue weighted by molar-refractivity contribution is 5.35. The summed E-state index contributed by atoms with van der Waals surface area (Å²) in [5, 5.41) is 8.49. The molecule has 0 saturated heterocycles. The number of hydrogen-bond donors (Lipinski definition) is 1. The molecular formula is C16H23F3O5. The number of benzene rings is 1. The van der Waals surface area contributed by atoms with Gasteiger partial charge in [-0.2, -0.15) is 13.2 Å². The summed E-state index contributed by atoms with van der Waals surface area (Å²) in [4.78, 5) is 0. The Morgan fingerprint density at radius 3 is 1.92 bits per heavy atom. The second-order valence-electron chi connectivity index (χ2n) is 4.94. The third-order valence-corrected chi connectivity index (χ3v) is 2.85. The van der Waals surface area contributed by atoms with Crippen molar-refractivity contribution in [3.63, 3.8) is 0 Å². The van der Waals surface area contributed by atoms with Crippen molar-refractivity contribution in [2.45, 2.75) is 13.1 Å². The van der Waals surface area contributed by atoms with E-state index in [9.17, 15) is 13.2 Å². The van der Waals surface area contributed by atoms with Gasteiger partial charge >= 0.3 is 6.18 Å². The van der Waals surface area contributed by atoms with E-state index in [1.54, 1.807) is 13.0 Å². The molecular weight excluding hydrogens is 329 g/mol. The predicted octanol–water partition coefficient (Wildman–Crippen LogP) is 2.43. The van der Waals surface area contributed by atoms with Gasteiger partial charge in [-0.25, -0.2) is 0 Å². The lowest BCUT2D eigenvalue weighted by Crippen LogP contribution is -2.13. The zero-order chi connectivity index (χ0) is 17.8. The number of alkyl halides is 3. The van der Waals surface area contributed by atoms with Crippen LogP contribution in [0.25, 0.3) is 0 Å². The van der Waals surface area contributed by atoms with Gasteiger partial charge in [-0.15, -0.1) is 0 Å². The number of aliphatic hydroxyl groups is 1. The van der Waals surface area contributed by atoms with Crippen LogP contribution in [0.4, 0.5) is 13.2 Å². The van der Waals surface area contributed by atoms with Crippen LogP contribution in [-0.4, -0.2) is 58.0 Å². The quantitative estimate of drug-likeness (QED) is 0.586. The Morgan fingerprint density at radius 2 is 1.38 bits per heavy atom. The lowest BCUT2D eigenvalue weighted by molar-refractivity contribution is -0.137. The van der Waals surface area contributed by atoms with Gasteiger partial charge < -0.3 is 24.1 Å². The second kappa shape index (κ2) is 11.2. The molecule has 138 valence electrons. The Balaban J connectivity index is 2.12. The maximum atomic E-state index is 12.7. The van der Waals surface area contributed by atoms with Crippen molar-refractivity contribution >= 4 is 0 Å². The molecule has 0 amide bonds. The average molecular weight is 352 g/mol. The number of hydrogen-bond acceptors (Lipinski definition) is 5. The smallest absolute Gasteiger partial charge is 0.416 e. The van der Waals surface area contributed by atoms with Gasteiger partial charge in [0, 0.05) is 0 Å². The van der Waals surface area contributed by atoms with Gasteiger partial charge in [0.2, 0.25) is 0 Å².